The van der Waals surface area contributed by atoms with Crippen LogP contribution in [0.2, 0.25) is 0 Å². The van der Waals surface area contributed by atoms with Gasteiger partial charge in [-0.25, -0.2) is 4.90 Å². The molecule has 1 aliphatic heterocycles. The summed E-state index contributed by atoms with van der Waals surface area (Å²) in [4.78, 5) is 14.0. The summed E-state index contributed by atoms with van der Waals surface area (Å²) in [5.41, 5.74) is 1.68. The normalized spacial score (nSPS) is 16.3. The van der Waals surface area contributed by atoms with E-state index in [1.807, 2.05) is 31.4 Å². The molecule has 1 amide bonds. The van der Waals surface area contributed by atoms with E-state index < -0.39 is 0 Å². The Morgan fingerprint density at radius 1 is 1.32 bits per heavy atom. The van der Waals surface area contributed by atoms with E-state index in [2.05, 4.69) is 10.4 Å². The molecule has 0 spiro atoms. The quantitative estimate of drug-likeness (QED) is 0.690. The van der Waals surface area contributed by atoms with E-state index >= 15 is 0 Å². The molecule has 112 valence electrons. The molecule has 0 atom stereocenters. The highest BCUT2D eigenvalue weighted by Gasteiger charge is 2.33. The average molecular weight is 314 g/mol. The third kappa shape index (κ3) is 2.46. The van der Waals surface area contributed by atoms with E-state index in [0.717, 1.165) is 0 Å². The molecule has 1 N–H and O–H groups in total. The molecule has 3 rings (SSSR count). The summed E-state index contributed by atoms with van der Waals surface area (Å²) < 4.78 is 6.96. The van der Waals surface area contributed by atoms with E-state index in [0.29, 0.717) is 27.9 Å². The Morgan fingerprint density at radius 3 is 2.77 bits per heavy atom. The number of aryl methyl sites for hydroxylation is 1. The number of methoxy groups -OCH3 is 1. The molecule has 6 nitrogen and oxygen atoms in total. The van der Waals surface area contributed by atoms with E-state index in [-0.39, 0.29) is 5.91 Å². The third-order valence-electron chi connectivity index (χ3n) is 3.23. The number of ether oxygens (including phenoxy) is 1. The zero-order valence-electron chi connectivity index (χ0n) is 12.1. The van der Waals surface area contributed by atoms with Gasteiger partial charge in [0, 0.05) is 13.2 Å². The maximum absolute atomic E-state index is 12.6. The summed E-state index contributed by atoms with van der Waals surface area (Å²) in [6.45, 7) is 0. The molecule has 22 heavy (non-hydrogen) atoms. The predicted molar refractivity (Wildman–Crippen MR) is 87.4 cm³/mol. The first-order valence-corrected chi connectivity index (χ1v) is 7.01. The minimum atomic E-state index is -0.236. The number of hydrogen-bond donors (Lipinski definition) is 1. The van der Waals surface area contributed by atoms with Crippen molar-refractivity contribution >= 4 is 35.0 Å². The highest BCUT2D eigenvalue weighted by Crippen LogP contribution is 2.31. The molecule has 0 unspecified atom stereocenters. The van der Waals surface area contributed by atoms with Crippen molar-refractivity contribution in [1.29, 1.82) is 0 Å². The maximum Gasteiger partial charge on any atom is 0.281 e. The number of hydrogen-bond acceptors (Lipinski definition) is 4. The lowest BCUT2D eigenvalue weighted by atomic mass is 10.2. The molecule has 0 radical (unpaired) electrons. The van der Waals surface area contributed by atoms with Gasteiger partial charge in [-0.1, -0.05) is 12.1 Å². The molecule has 1 aromatic carbocycles. The van der Waals surface area contributed by atoms with Crippen LogP contribution in [0.15, 0.2) is 42.2 Å². The van der Waals surface area contributed by atoms with Crippen molar-refractivity contribution in [2.24, 2.45) is 7.05 Å². The number of anilines is 1. The van der Waals surface area contributed by atoms with Gasteiger partial charge < -0.3 is 10.1 Å². The van der Waals surface area contributed by atoms with Crippen LogP contribution >= 0.6 is 12.2 Å². The molecular formula is C15H14N4O2S. The number of amides is 1. The van der Waals surface area contributed by atoms with Crippen molar-refractivity contribution in [2.75, 3.05) is 12.0 Å². The van der Waals surface area contributed by atoms with Crippen LogP contribution in [0, 0.1) is 0 Å². The van der Waals surface area contributed by atoms with Crippen LogP contribution in [0.4, 0.5) is 5.69 Å². The summed E-state index contributed by atoms with van der Waals surface area (Å²) in [6, 6.07) is 9.05. The third-order valence-corrected chi connectivity index (χ3v) is 3.52. The lowest BCUT2D eigenvalue weighted by Crippen LogP contribution is -2.30. The number of aromatic nitrogens is 2. The number of rotatable bonds is 3. The highest BCUT2D eigenvalue weighted by atomic mass is 32.1. The van der Waals surface area contributed by atoms with Crippen LogP contribution in [0.25, 0.3) is 6.08 Å². The molecule has 0 bridgehead atoms. The van der Waals surface area contributed by atoms with E-state index in [4.69, 9.17) is 17.0 Å². The van der Waals surface area contributed by atoms with Gasteiger partial charge in [-0.2, -0.15) is 5.10 Å². The summed E-state index contributed by atoms with van der Waals surface area (Å²) in [5.74, 6) is 0.347. The molecule has 0 aliphatic carbocycles. The van der Waals surface area contributed by atoms with Crippen LogP contribution in [-0.4, -0.2) is 27.9 Å². The number of thiocarbonyl (C=S) groups is 1. The lowest BCUT2D eigenvalue weighted by molar-refractivity contribution is -0.113. The first kappa shape index (κ1) is 14.3. The monoisotopic (exact) mass is 314 g/mol. The molecule has 1 aromatic heterocycles. The zero-order chi connectivity index (χ0) is 15.7. The second-order valence-electron chi connectivity index (χ2n) is 4.71. The van der Waals surface area contributed by atoms with E-state index in [1.54, 1.807) is 30.0 Å². The number of benzene rings is 1. The molecular weight excluding hydrogens is 300 g/mol. The van der Waals surface area contributed by atoms with Gasteiger partial charge in [0.15, 0.2) is 5.11 Å². The largest absolute Gasteiger partial charge is 0.495 e. The first-order valence-electron chi connectivity index (χ1n) is 6.60. The first-order chi connectivity index (χ1) is 10.6. The smallest absolute Gasteiger partial charge is 0.281 e. The SMILES string of the molecule is COc1ccccc1N1C(=O)/C(=C\c2ccn(C)n2)NC1=S. The fraction of sp³-hybridized carbons (Fsp3) is 0.133. The molecule has 0 saturated carbocycles. The molecule has 1 saturated heterocycles. The van der Waals surface area contributed by atoms with Gasteiger partial charge in [-0.05, 0) is 36.5 Å². The van der Waals surface area contributed by atoms with Crippen molar-refractivity contribution < 1.29 is 9.53 Å². The lowest BCUT2D eigenvalue weighted by Gasteiger charge is -2.17. The van der Waals surface area contributed by atoms with E-state index in [1.165, 1.54) is 4.90 Å². The standard InChI is InChI=1S/C15H14N4O2S/c1-18-8-7-10(17-18)9-11-14(20)19(15(22)16-11)12-5-3-4-6-13(12)21-2/h3-9H,1-2H3,(H,16,22)/b11-9+. The Hall–Kier alpha value is -2.67. The van der Waals surface area contributed by atoms with Gasteiger partial charge in [0.25, 0.3) is 5.91 Å². The summed E-state index contributed by atoms with van der Waals surface area (Å²) in [7, 11) is 3.37. The minimum Gasteiger partial charge on any atom is -0.495 e. The average Bonchev–Trinajstić information content (AvgIpc) is 3.03. The number of carbonyl (C=O) groups excluding carboxylic acids is 1. The minimum absolute atomic E-state index is 0.236. The maximum atomic E-state index is 12.6. The Balaban J connectivity index is 1.97. The molecule has 1 aliphatic rings. The van der Waals surface area contributed by atoms with Crippen LogP contribution in [0.5, 0.6) is 5.75 Å². The zero-order valence-corrected chi connectivity index (χ0v) is 12.9. The van der Waals surface area contributed by atoms with Crippen molar-refractivity contribution in [3.63, 3.8) is 0 Å². The van der Waals surface area contributed by atoms with Crippen LogP contribution < -0.4 is 15.0 Å². The van der Waals surface area contributed by atoms with Gasteiger partial charge in [-0.3, -0.25) is 9.48 Å². The molecule has 1 fully saturated rings. The molecule has 2 aromatic rings. The van der Waals surface area contributed by atoms with Gasteiger partial charge in [0.05, 0.1) is 18.5 Å². The van der Waals surface area contributed by atoms with Gasteiger partial charge in [-0.15, -0.1) is 0 Å². The number of para-hydroxylation sites is 2. The summed E-state index contributed by atoms with van der Waals surface area (Å²) in [6.07, 6.45) is 3.48. The number of nitrogens with one attached hydrogen (secondary N) is 1. The number of carbonyl (C=O) groups is 1. The van der Waals surface area contributed by atoms with Crippen LogP contribution in [-0.2, 0) is 11.8 Å². The number of nitrogens with zero attached hydrogens (tertiary/aromatic N) is 3. The second kappa shape index (κ2) is 5.61. The van der Waals surface area contributed by atoms with Gasteiger partial charge in [0.2, 0.25) is 0 Å². The predicted octanol–water partition coefficient (Wildman–Crippen LogP) is 1.69. The fourth-order valence-corrected chi connectivity index (χ4v) is 2.52. The van der Waals surface area contributed by atoms with Gasteiger partial charge >= 0.3 is 0 Å². The van der Waals surface area contributed by atoms with Crippen LogP contribution in [0.1, 0.15) is 5.69 Å². The van der Waals surface area contributed by atoms with E-state index in [9.17, 15) is 4.79 Å². The summed E-state index contributed by atoms with van der Waals surface area (Å²) in [5, 5.41) is 7.47. The fourth-order valence-electron chi connectivity index (χ4n) is 2.23. The van der Waals surface area contributed by atoms with Crippen LogP contribution in [0.3, 0.4) is 0 Å². The van der Waals surface area contributed by atoms with Crippen molar-refractivity contribution in [3.05, 3.63) is 47.9 Å². The Morgan fingerprint density at radius 2 is 2.09 bits per heavy atom. The highest BCUT2D eigenvalue weighted by molar-refractivity contribution is 7.80. The second-order valence-corrected chi connectivity index (χ2v) is 5.10. The Labute approximate surface area is 133 Å². The van der Waals surface area contributed by atoms with Gasteiger partial charge in [0.1, 0.15) is 11.4 Å². The Bertz CT molecular complexity index is 781. The van der Waals surface area contributed by atoms with Crippen molar-refractivity contribution in [3.8, 4) is 5.75 Å². The van der Waals surface area contributed by atoms with Crippen molar-refractivity contribution in [2.45, 2.75) is 0 Å². The Kier molecular flexibility index (Phi) is 3.64. The molecule has 7 heteroatoms. The molecule has 2 heterocycles. The topological polar surface area (TPSA) is 59.4 Å². The van der Waals surface area contributed by atoms with Crippen molar-refractivity contribution in [1.82, 2.24) is 15.1 Å². The summed E-state index contributed by atoms with van der Waals surface area (Å²) >= 11 is 5.28.